The first kappa shape index (κ1) is 12.9. The molecule has 0 aliphatic carbocycles. The number of carbonyl (C=O) groups is 1. The molecule has 0 fully saturated rings. The van der Waals surface area contributed by atoms with Crippen molar-refractivity contribution in [3.05, 3.63) is 81.7 Å². The highest BCUT2D eigenvalue weighted by molar-refractivity contribution is 8.10. The third-order valence-electron chi connectivity index (χ3n) is 4.42. The number of carbonyl (C=O) groups excluding carboxylic acids is 1. The molecule has 4 aromatic carbocycles. The van der Waals surface area contributed by atoms with Gasteiger partial charge in [-0.05, 0) is 22.9 Å². The molecule has 4 aromatic rings. The number of hydrogen-bond donors (Lipinski definition) is 0. The van der Waals surface area contributed by atoms with Crippen LogP contribution in [0.25, 0.3) is 26.5 Å². The molecule has 0 unspecified atom stereocenters. The SMILES string of the molecule is O=C1C(=c2c(=O)c3cccc4cccc2c43)Sc2ccccc21. The number of rotatable bonds is 0. The van der Waals surface area contributed by atoms with Crippen molar-refractivity contribution >= 4 is 44.0 Å². The minimum atomic E-state index is -0.0428. The summed E-state index contributed by atoms with van der Waals surface area (Å²) in [5.41, 5.74) is 0.649. The van der Waals surface area contributed by atoms with E-state index in [1.165, 1.54) is 11.8 Å². The zero-order valence-electron chi connectivity index (χ0n) is 12.0. The third-order valence-corrected chi connectivity index (χ3v) is 5.59. The maximum absolute atomic E-state index is 12.9. The van der Waals surface area contributed by atoms with Gasteiger partial charge in [0.15, 0.2) is 5.43 Å². The largest absolute Gasteiger partial charge is 0.289 e. The Balaban J connectivity index is 2.00. The molecule has 1 aliphatic rings. The van der Waals surface area contributed by atoms with Crippen LogP contribution in [0, 0.1) is 0 Å². The van der Waals surface area contributed by atoms with E-state index in [0.717, 1.165) is 21.1 Å². The molecule has 23 heavy (non-hydrogen) atoms. The molecule has 0 N–H and O–H groups in total. The summed E-state index contributed by atoms with van der Waals surface area (Å²) in [5.74, 6) is -0.0428. The Hall–Kier alpha value is -2.65. The highest BCUT2D eigenvalue weighted by atomic mass is 32.2. The summed E-state index contributed by atoms with van der Waals surface area (Å²) < 4.78 is 0. The Labute approximate surface area is 135 Å². The van der Waals surface area contributed by atoms with Gasteiger partial charge in [-0.2, -0.15) is 0 Å². The van der Waals surface area contributed by atoms with Gasteiger partial charge >= 0.3 is 0 Å². The van der Waals surface area contributed by atoms with Crippen molar-refractivity contribution in [2.75, 3.05) is 0 Å². The van der Waals surface area contributed by atoms with E-state index in [0.29, 0.717) is 21.1 Å². The molecule has 0 spiro atoms. The van der Waals surface area contributed by atoms with Gasteiger partial charge in [-0.1, -0.05) is 60.3 Å². The average Bonchev–Trinajstić information content (AvgIpc) is 3.06. The predicted octanol–water partition coefficient (Wildman–Crippen LogP) is 3.61. The van der Waals surface area contributed by atoms with Crippen molar-refractivity contribution in [2.45, 2.75) is 4.90 Å². The maximum atomic E-state index is 12.9. The van der Waals surface area contributed by atoms with Crippen molar-refractivity contribution in [1.82, 2.24) is 0 Å². The third kappa shape index (κ3) is 1.60. The monoisotopic (exact) mass is 314 g/mol. The summed E-state index contributed by atoms with van der Waals surface area (Å²) in [5, 5.41) is 4.14. The molecule has 0 saturated heterocycles. The Kier molecular flexibility index (Phi) is 2.48. The predicted molar refractivity (Wildman–Crippen MR) is 94.2 cm³/mol. The van der Waals surface area contributed by atoms with E-state index in [9.17, 15) is 9.59 Å². The van der Waals surface area contributed by atoms with Gasteiger partial charge in [0.1, 0.15) is 0 Å². The first-order valence-electron chi connectivity index (χ1n) is 7.38. The minimum Gasteiger partial charge on any atom is -0.289 e. The highest BCUT2D eigenvalue weighted by Crippen LogP contribution is 2.40. The maximum Gasteiger partial charge on any atom is 0.201 e. The van der Waals surface area contributed by atoms with Crippen molar-refractivity contribution in [3.8, 4) is 0 Å². The fraction of sp³-hybridized carbons (Fsp3) is 0. The van der Waals surface area contributed by atoms with Crippen LogP contribution in [0.3, 0.4) is 0 Å². The average molecular weight is 314 g/mol. The second-order valence-electron chi connectivity index (χ2n) is 5.67. The minimum absolute atomic E-state index is 0.0412. The normalized spacial score (nSPS) is 16.4. The van der Waals surface area contributed by atoms with Crippen molar-refractivity contribution in [3.63, 3.8) is 0 Å². The zero-order valence-corrected chi connectivity index (χ0v) is 12.8. The van der Waals surface area contributed by atoms with Gasteiger partial charge in [0.25, 0.3) is 0 Å². The summed E-state index contributed by atoms with van der Waals surface area (Å²) in [4.78, 5) is 27.2. The number of hydrogen-bond acceptors (Lipinski definition) is 3. The van der Waals surface area contributed by atoms with E-state index in [2.05, 4.69) is 0 Å². The van der Waals surface area contributed by atoms with Crippen molar-refractivity contribution in [1.29, 1.82) is 0 Å². The summed E-state index contributed by atoms with van der Waals surface area (Å²) in [7, 11) is 0. The van der Waals surface area contributed by atoms with E-state index >= 15 is 0 Å². The number of fused-ring (bicyclic) bond motifs is 1. The van der Waals surface area contributed by atoms with Crippen LogP contribution >= 0.6 is 11.8 Å². The van der Waals surface area contributed by atoms with Crippen LogP contribution in [0.1, 0.15) is 10.4 Å². The van der Waals surface area contributed by atoms with Gasteiger partial charge < -0.3 is 0 Å². The zero-order chi connectivity index (χ0) is 15.6. The molecule has 2 nitrogen and oxygen atoms in total. The van der Waals surface area contributed by atoms with E-state index in [1.807, 2.05) is 60.7 Å². The van der Waals surface area contributed by atoms with Crippen LogP contribution in [0.5, 0.6) is 0 Å². The summed E-state index contributed by atoms with van der Waals surface area (Å²) in [6, 6.07) is 19.2. The lowest BCUT2D eigenvalue weighted by Crippen LogP contribution is -2.23. The smallest absolute Gasteiger partial charge is 0.201 e. The second-order valence-corrected chi connectivity index (χ2v) is 6.72. The highest BCUT2D eigenvalue weighted by Gasteiger charge is 2.28. The lowest BCUT2D eigenvalue weighted by Gasteiger charge is -1.97. The quantitative estimate of drug-likeness (QED) is 0.497. The van der Waals surface area contributed by atoms with E-state index in [4.69, 9.17) is 0 Å². The molecule has 1 heterocycles. The number of thioether (sulfide) groups is 1. The van der Waals surface area contributed by atoms with E-state index < -0.39 is 0 Å². The van der Waals surface area contributed by atoms with Gasteiger partial charge in [-0.15, -0.1) is 0 Å². The Morgan fingerprint density at radius 2 is 1.48 bits per heavy atom. The molecular weight excluding hydrogens is 304 g/mol. The topological polar surface area (TPSA) is 34.1 Å². The molecule has 3 heteroatoms. The van der Waals surface area contributed by atoms with Gasteiger partial charge in [0.2, 0.25) is 5.78 Å². The van der Waals surface area contributed by atoms with Crippen LogP contribution in [-0.2, 0) is 0 Å². The molecule has 0 saturated carbocycles. The lowest BCUT2D eigenvalue weighted by molar-refractivity contribution is 0.105. The van der Waals surface area contributed by atoms with E-state index in [1.54, 1.807) is 0 Å². The first-order chi connectivity index (χ1) is 11.3. The molecule has 5 rings (SSSR count). The Bertz CT molecular complexity index is 1220. The van der Waals surface area contributed by atoms with Crippen LogP contribution < -0.4 is 10.6 Å². The molecule has 0 amide bonds. The molecular formula is C20H10O2S. The van der Waals surface area contributed by atoms with Crippen LogP contribution in [0.15, 0.2) is 70.4 Å². The molecule has 108 valence electrons. The molecule has 0 aromatic heterocycles. The summed E-state index contributed by atoms with van der Waals surface area (Å²) >= 11 is 1.41. The lowest BCUT2D eigenvalue weighted by atomic mass is 10.1. The number of benzene rings is 3. The van der Waals surface area contributed by atoms with Crippen molar-refractivity contribution < 1.29 is 4.79 Å². The summed E-state index contributed by atoms with van der Waals surface area (Å²) in [6.07, 6.45) is 0. The van der Waals surface area contributed by atoms with Gasteiger partial charge in [0, 0.05) is 26.5 Å². The Morgan fingerprint density at radius 1 is 0.739 bits per heavy atom. The van der Waals surface area contributed by atoms with E-state index in [-0.39, 0.29) is 11.2 Å². The molecule has 0 atom stereocenters. The van der Waals surface area contributed by atoms with Gasteiger partial charge in [-0.3, -0.25) is 9.59 Å². The number of ketones is 1. The van der Waals surface area contributed by atoms with Gasteiger partial charge in [-0.25, -0.2) is 0 Å². The fourth-order valence-electron chi connectivity index (χ4n) is 3.41. The first-order valence-corrected chi connectivity index (χ1v) is 8.20. The van der Waals surface area contributed by atoms with Crippen LogP contribution in [0.4, 0.5) is 0 Å². The standard InChI is InChI=1S/C20H10O2S/c21-18-14-9-4-6-11-5-3-8-13(16(11)14)17(18)20-19(22)12-7-1-2-10-15(12)23-20/h1-10H. The Morgan fingerprint density at radius 3 is 2.26 bits per heavy atom. The van der Waals surface area contributed by atoms with Crippen LogP contribution in [0.2, 0.25) is 0 Å². The van der Waals surface area contributed by atoms with Crippen molar-refractivity contribution in [2.24, 2.45) is 0 Å². The van der Waals surface area contributed by atoms with Gasteiger partial charge in [0.05, 0.1) is 4.91 Å². The van der Waals surface area contributed by atoms with Crippen LogP contribution in [-0.4, -0.2) is 5.78 Å². The summed E-state index contributed by atoms with van der Waals surface area (Å²) in [6.45, 7) is 0. The molecule has 1 aliphatic heterocycles. The molecule has 0 radical (unpaired) electrons. The fourth-order valence-corrected chi connectivity index (χ4v) is 4.55. The second kappa shape index (κ2) is 4.43. The molecule has 0 bridgehead atoms. The number of Topliss-reactive ketones (excluding diaryl/α,β-unsaturated/α-hetero) is 1.